The van der Waals surface area contributed by atoms with E-state index in [9.17, 15) is 4.79 Å². The number of hydrogen-bond donors (Lipinski definition) is 1. The second kappa shape index (κ2) is 8.45. The summed E-state index contributed by atoms with van der Waals surface area (Å²) in [6, 6.07) is 22.5. The third-order valence-corrected chi connectivity index (χ3v) is 5.47. The molecular formula is C24H23N3OS. The zero-order valence-corrected chi connectivity index (χ0v) is 17.3. The molecule has 0 aliphatic carbocycles. The summed E-state index contributed by atoms with van der Waals surface area (Å²) >= 11 is 1.61. The number of urea groups is 1. The van der Waals surface area contributed by atoms with Gasteiger partial charge in [-0.05, 0) is 48.4 Å². The summed E-state index contributed by atoms with van der Waals surface area (Å²) in [4.78, 5) is 19.2. The summed E-state index contributed by atoms with van der Waals surface area (Å²) in [5.74, 6) is 0. The number of amides is 2. The first-order valence-electron chi connectivity index (χ1n) is 9.66. The van der Waals surface area contributed by atoms with Crippen molar-refractivity contribution in [1.82, 2.24) is 10.3 Å². The van der Waals surface area contributed by atoms with E-state index in [1.165, 1.54) is 0 Å². The first kappa shape index (κ1) is 19.2. The van der Waals surface area contributed by atoms with Gasteiger partial charge in [-0.2, -0.15) is 0 Å². The van der Waals surface area contributed by atoms with E-state index in [-0.39, 0.29) is 12.1 Å². The summed E-state index contributed by atoms with van der Waals surface area (Å²) in [6.07, 6.45) is 1.81. The van der Waals surface area contributed by atoms with Crippen molar-refractivity contribution in [3.63, 3.8) is 0 Å². The van der Waals surface area contributed by atoms with E-state index < -0.39 is 0 Å². The van der Waals surface area contributed by atoms with Gasteiger partial charge in [-0.1, -0.05) is 48.5 Å². The maximum atomic E-state index is 13.0. The van der Waals surface area contributed by atoms with E-state index in [1.807, 2.05) is 55.8 Å². The largest absolute Gasteiger partial charge is 0.336 e. The minimum atomic E-state index is -0.102. The fourth-order valence-corrected chi connectivity index (χ4v) is 3.94. The molecule has 0 saturated heterocycles. The average molecular weight is 402 g/mol. The molecule has 4 aromatic rings. The number of aromatic nitrogens is 1. The van der Waals surface area contributed by atoms with Gasteiger partial charge in [-0.3, -0.25) is 4.90 Å². The van der Waals surface area contributed by atoms with Crippen molar-refractivity contribution in [3.8, 4) is 10.6 Å². The molecule has 0 aliphatic heterocycles. The lowest BCUT2D eigenvalue weighted by Gasteiger charge is -2.25. The summed E-state index contributed by atoms with van der Waals surface area (Å²) < 4.78 is 0. The number of benzene rings is 3. The molecule has 4 nitrogen and oxygen atoms in total. The van der Waals surface area contributed by atoms with E-state index in [1.54, 1.807) is 16.2 Å². The van der Waals surface area contributed by atoms with Crippen LogP contribution in [-0.2, 0) is 6.54 Å². The van der Waals surface area contributed by atoms with Crippen LogP contribution >= 0.6 is 11.3 Å². The number of nitrogens with one attached hydrogen (secondary N) is 1. The van der Waals surface area contributed by atoms with Gasteiger partial charge in [0, 0.05) is 28.9 Å². The molecule has 4 rings (SSSR count). The second-order valence-electron chi connectivity index (χ2n) is 7.26. The van der Waals surface area contributed by atoms with Crippen molar-refractivity contribution >= 4 is 33.8 Å². The highest BCUT2D eigenvalue weighted by molar-refractivity contribution is 7.13. The molecule has 0 spiro atoms. The minimum Gasteiger partial charge on any atom is -0.336 e. The van der Waals surface area contributed by atoms with Gasteiger partial charge < -0.3 is 5.32 Å². The van der Waals surface area contributed by atoms with Gasteiger partial charge in [0.05, 0.1) is 6.54 Å². The molecule has 0 bridgehead atoms. The first-order valence-corrected chi connectivity index (χ1v) is 10.5. The predicted molar refractivity (Wildman–Crippen MR) is 121 cm³/mol. The van der Waals surface area contributed by atoms with Gasteiger partial charge >= 0.3 is 6.03 Å². The van der Waals surface area contributed by atoms with Crippen LogP contribution in [0.1, 0.15) is 19.4 Å². The Hall–Kier alpha value is -3.18. The molecule has 0 unspecified atom stereocenters. The van der Waals surface area contributed by atoms with Gasteiger partial charge in [0.25, 0.3) is 0 Å². The van der Waals surface area contributed by atoms with Crippen LogP contribution in [0.5, 0.6) is 0 Å². The molecule has 2 amide bonds. The first-order chi connectivity index (χ1) is 14.1. The Morgan fingerprint density at radius 3 is 2.62 bits per heavy atom. The lowest BCUT2D eigenvalue weighted by Crippen LogP contribution is -2.42. The molecule has 3 aromatic carbocycles. The maximum Gasteiger partial charge on any atom is 0.322 e. The molecule has 29 heavy (non-hydrogen) atoms. The van der Waals surface area contributed by atoms with E-state index in [0.29, 0.717) is 6.54 Å². The van der Waals surface area contributed by atoms with Crippen molar-refractivity contribution in [1.29, 1.82) is 0 Å². The van der Waals surface area contributed by atoms with Crippen LogP contribution in [0.2, 0.25) is 0 Å². The third kappa shape index (κ3) is 4.46. The standard InChI is InChI=1S/C24H23N3OS/c1-17(2)26-24(28)27(22-11-10-19-7-3-4-8-20(19)15-22)16-18-6-5-9-21(14-18)23-25-12-13-29-23/h3-15,17H,16H2,1-2H3,(H,26,28). The molecule has 0 atom stereocenters. The van der Waals surface area contributed by atoms with Crippen molar-refractivity contribution in [2.45, 2.75) is 26.4 Å². The number of thiazole rings is 1. The fraction of sp³-hybridized carbons (Fsp3) is 0.167. The highest BCUT2D eigenvalue weighted by atomic mass is 32.1. The Bertz CT molecular complexity index is 1120. The van der Waals surface area contributed by atoms with E-state index >= 15 is 0 Å². The van der Waals surface area contributed by atoms with Crippen LogP contribution in [0.4, 0.5) is 10.5 Å². The van der Waals surface area contributed by atoms with Crippen LogP contribution in [0.25, 0.3) is 21.3 Å². The minimum absolute atomic E-state index is 0.0621. The molecule has 0 radical (unpaired) electrons. The fourth-order valence-electron chi connectivity index (χ4n) is 3.30. The molecule has 0 saturated carbocycles. The van der Waals surface area contributed by atoms with Gasteiger partial charge in [0.2, 0.25) is 0 Å². The summed E-state index contributed by atoms with van der Waals surface area (Å²) in [5.41, 5.74) is 3.01. The quantitative estimate of drug-likeness (QED) is 0.440. The molecule has 1 heterocycles. The summed E-state index contributed by atoms with van der Waals surface area (Å²) in [7, 11) is 0. The van der Waals surface area contributed by atoms with Gasteiger partial charge in [0.15, 0.2) is 0 Å². The zero-order chi connectivity index (χ0) is 20.2. The highest BCUT2D eigenvalue weighted by Crippen LogP contribution is 2.26. The molecular weight excluding hydrogens is 378 g/mol. The zero-order valence-electron chi connectivity index (χ0n) is 16.5. The number of rotatable bonds is 5. The van der Waals surface area contributed by atoms with Crippen molar-refractivity contribution in [2.24, 2.45) is 0 Å². The van der Waals surface area contributed by atoms with E-state index in [2.05, 4.69) is 46.7 Å². The lowest BCUT2D eigenvalue weighted by atomic mass is 10.1. The van der Waals surface area contributed by atoms with Crippen LogP contribution in [0.3, 0.4) is 0 Å². The monoisotopic (exact) mass is 401 g/mol. The normalized spacial score (nSPS) is 11.0. The highest BCUT2D eigenvalue weighted by Gasteiger charge is 2.18. The van der Waals surface area contributed by atoms with Crippen molar-refractivity contribution < 1.29 is 4.79 Å². The van der Waals surface area contributed by atoms with Gasteiger partial charge in [0.1, 0.15) is 5.01 Å². The number of anilines is 1. The summed E-state index contributed by atoms with van der Waals surface area (Å²) in [6.45, 7) is 4.43. The smallest absolute Gasteiger partial charge is 0.322 e. The SMILES string of the molecule is CC(C)NC(=O)N(Cc1cccc(-c2nccs2)c1)c1ccc2ccccc2c1. The number of fused-ring (bicyclic) bond motifs is 1. The number of nitrogens with zero attached hydrogens (tertiary/aromatic N) is 2. The molecule has 1 N–H and O–H groups in total. The van der Waals surface area contributed by atoms with Crippen molar-refractivity contribution in [3.05, 3.63) is 83.9 Å². The van der Waals surface area contributed by atoms with Crippen LogP contribution in [-0.4, -0.2) is 17.1 Å². The third-order valence-electron chi connectivity index (χ3n) is 4.65. The van der Waals surface area contributed by atoms with E-state index in [0.717, 1.165) is 32.6 Å². The summed E-state index contributed by atoms with van der Waals surface area (Å²) in [5, 5.41) is 8.26. The number of carbonyl (C=O) groups is 1. The molecule has 0 aliphatic rings. The molecule has 5 heteroatoms. The van der Waals surface area contributed by atoms with Crippen LogP contribution < -0.4 is 10.2 Å². The Kier molecular flexibility index (Phi) is 5.58. The van der Waals surface area contributed by atoms with Gasteiger partial charge in [-0.15, -0.1) is 11.3 Å². The van der Waals surface area contributed by atoms with E-state index in [4.69, 9.17) is 0 Å². The second-order valence-corrected chi connectivity index (χ2v) is 8.15. The topological polar surface area (TPSA) is 45.2 Å². The van der Waals surface area contributed by atoms with Crippen LogP contribution in [0, 0.1) is 0 Å². The Balaban J connectivity index is 1.69. The van der Waals surface area contributed by atoms with Gasteiger partial charge in [-0.25, -0.2) is 9.78 Å². The molecule has 1 aromatic heterocycles. The predicted octanol–water partition coefficient (Wildman–Crippen LogP) is 6.09. The number of carbonyl (C=O) groups excluding carboxylic acids is 1. The molecule has 146 valence electrons. The Morgan fingerprint density at radius 1 is 1.03 bits per heavy atom. The molecule has 0 fully saturated rings. The number of hydrogen-bond acceptors (Lipinski definition) is 3. The Labute approximate surface area is 174 Å². The maximum absolute atomic E-state index is 13.0. The average Bonchev–Trinajstić information content (AvgIpc) is 3.26. The van der Waals surface area contributed by atoms with Crippen molar-refractivity contribution in [2.75, 3.05) is 4.90 Å². The Morgan fingerprint density at radius 2 is 1.86 bits per heavy atom. The lowest BCUT2D eigenvalue weighted by molar-refractivity contribution is 0.244. The van der Waals surface area contributed by atoms with Crippen LogP contribution in [0.15, 0.2) is 78.3 Å².